The molecule has 5 nitrogen and oxygen atoms in total. The monoisotopic (exact) mass is 216 g/mol. The Balaban J connectivity index is 2.46. The van der Waals surface area contributed by atoms with Crippen molar-refractivity contribution < 1.29 is 4.74 Å². The number of nitrogens with two attached hydrogens (primary N) is 1. The van der Waals surface area contributed by atoms with Crippen LogP contribution in [0, 0.1) is 0 Å². The summed E-state index contributed by atoms with van der Waals surface area (Å²) in [6.07, 6.45) is 1.37. The van der Waals surface area contributed by atoms with E-state index in [9.17, 15) is 0 Å². The molecule has 0 radical (unpaired) electrons. The molecular weight excluding hydrogens is 204 g/mol. The zero-order chi connectivity index (χ0) is 10.4. The molecule has 1 aromatic heterocycles. The summed E-state index contributed by atoms with van der Waals surface area (Å²) >= 11 is 5.85. The second kappa shape index (κ2) is 5.62. The average molecular weight is 217 g/mol. The number of nitrogens with one attached hydrogen (secondary N) is 1. The van der Waals surface area contributed by atoms with Gasteiger partial charge in [0.2, 0.25) is 0 Å². The first-order chi connectivity index (χ1) is 6.75. The molecule has 0 aliphatic carbocycles. The molecule has 0 bridgehead atoms. The van der Waals surface area contributed by atoms with Crippen LogP contribution in [0.5, 0.6) is 0 Å². The van der Waals surface area contributed by atoms with Gasteiger partial charge in [0.05, 0.1) is 6.61 Å². The quantitative estimate of drug-likeness (QED) is 0.723. The number of aromatic nitrogens is 2. The van der Waals surface area contributed by atoms with Crippen molar-refractivity contribution in [3.63, 3.8) is 0 Å². The second-order valence-corrected chi connectivity index (χ2v) is 2.92. The van der Waals surface area contributed by atoms with E-state index in [0.29, 0.717) is 30.6 Å². The third-order valence-corrected chi connectivity index (χ3v) is 1.93. The number of hydrogen-bond acceptors (Lipinski definition) is 5. The van der Waals surface area contributed by atoms with Gasteiger partial charge < -0.3 is 15.8 Å². The molecule has 3 N–H and O–H groups in total. The molecule has 1 rings (SSSR count). The van der Waals surface area contributed by atoms with Crippen LogP contribution >= 0.6 is 11.6 Å². The van der Waals surface area contributed by atoms with Crippen molar-refractivity contribution in [1.29, 1.82) is 0 Å². The van der Waals surface area contributed by atoms with Gasteiger partial charge in [-0.1, -0.05) is 11.6 Å². The molecule has 78 valence electrons. The smallest absolute Gasteiger partial charge is 0.150 e. The number of nitrogen functional groups attached to an aromatic ring is 1. The van der Waals surface area contributed by atoms with Gasteiger partial charge in [-0.3, -0.25) is 0 Å². The molecule has 1 heterocycles. The van der Waals surface area contributed by atoms with Gasteiger partial charge in [-0.2, -0.15) is 0 Å². The molecule has 0 saturated heterocycles. The van der Waals surface area contributed by atoms with Crippen molar-refractivity contribution in [3.8, 4) is 0 Å². The van der Waals surface area contributed by atoms with E-state index < -0.39 is 0 Å². The lowest BCUT2D eigenvalue weighted by atomic mass is 10.5. The molecule has 0 aromatic carbocycles. The Kier molecular flexibility index (Phi) is 4.42. The summed E-state index contributed by atoms with van der Waals surface area (Å²) in [4.78, 5) is 7.69. The third kappa shape index (κ3) is 3.01. The predicted molar refractivity (Wildman–Crippen MR) is 56.4 cm³/mol. The molecule has 0 aliphatic rings. The van der Waals surface area contributed by atoms with E-state index in [-0.39, 0.29) is 5.82 Å². The van der Waals surface area contributed by atoms with Crippen LogP contribution in [0.3, 0.4) is 0 Å². The van der Waals surface area contributed by atoms with E-state index in [1.54, 1.807) is 0 Å². The van der Waals surface area contributed by atoms with Gasteiger partial charge >= 0.3 is 0 Å². The van der Waals surface area contributed by atoms with Gasteiger partial charge in [0.25, 0.3) is 0 Å². The van der Waals surface area contributed by atoms with E-state index in [4.69, 9.17) is 22.1 Å². The molecule has 0 unspecified atom stereocenters. The maximum Gasteiger partial charge on any atom is 0.150 e. The molecule has 14 heavy (non-hydrogen) atoms. The fraction of sp³-hybridized carbons (Fsp3) is 0.500. The highest BCUT2D eigenvalue weighted by atomic mass is 35.5. The lowest BCUT2D eigenvalue weighted by Gasteiger charge is -2.07. The van der Waals surface area contributed by atoms with Crippen molar-refractivity contribution >= 4 is 23.2 Å². The van der Waals surface area contributed by atoms with Crippen LogP contribution in [-0.4, -0.2) is 29.7 Å². The largest absolute Gasteiger partial charge is 0.382 e. The zero-order valence-corrected chi connectivity index (χ0v) is 8.71. The van der Waals surface area contributed by atoms with E-state index in [0.717, 1.165) is 0 Å². The first kappa shape index (κ1) is 11.0. The number of halogens is 1. The summed E-state index contributed by atoms with van der Waals surface area (Å²) in [5, 5.41) is 3.35. The van der Waals surface area contributed by atoms with Crippen LogP contribution < -0.4 is 11.1 Å². The number of hydrogen-bond donors (Lipinski definition) is 2. The van der Waals surface area contributed by atoms with E-state index in [1.807, 2.05) is 6.92 Å². The van der Waals surface area contributed by atoms with Gasteiger partial charge in [-0.15, -0.1) is 0 Å². The summed E-state index contributed by atoms with van der Waals surface area (Å²) in [6, 6.07) is 0. The third-order valence-electron chi connectivity index (χ3n) is 1.56. The predicted octanol–water partition coefficient (Wildman–Crippen LogP) is 1.16. The minimum absolute atomic E-state index is 0.278. The molecule has 0 aliphatic heterocycles. The Bertz CT molecular complexity index is 295. The standard InChI is InChI=1S/C8H13ClN4O/c1-2-14-4-3-11-8-6(9)7(10)12-5-13-8/h5H,2-4H2,1H3,(H3,10,11,12,13). The van der Waals surface area contributed by atoms with Crippen LogP contribution in [-0.2, 0) is 4.74 Å². The molecule has 6 heteroatoms. The van der Waals surface area contributed by atoms with Crippen LogP contribution in [0.15, 0.2) is 6.33 Å². The molecule has 0 spiro atoms. The molecule has 0 amide bonds. The minimum Gasteiger partial charge on any atom is -0.382 e. The highest BCUT2D eigenvalue weighted by Gasteiger charge is 2.04. The minimum atomic E-state index is 0.278. The van der Waals surface area contributed by atoms with Crippen LogP contribution in [0.2, 0.25) is 5.02 Å². The Labute approximate surface area is 87.6 Å². The van der Waals surface area contributed by atoms with Crippen molar-refractivity contribution in [2.24, 2.45) is 0 Å². The Morgan fingerprint density at radius 2 is 2.36 bits per heavy atom. The Morgan fingerprint density at radius 1 is 1.57 bits per heavy atom. The average Bonchev–Trinajstić information content (AvgIpc) is 2.19. The van der Waals surface area contributed by atoms with Crippen LogP contribution in [0.4, 0.5) is 11.6 Å². The van der Waals surface area contributed by atoms with Gasteiger partial charge in [0, 0.05) is 13.2 Å². The van der Waals surface area contributed by atoms with E-state index in [1.165, 1.54) is 6.33 Å². The lowest BCUT2D eigenvalue weighted by molar-refractivity contribution is 0.158. The van der Waals surface area contributed by atoms with Crippen molar-refractivity contribution in [2.45, 2.75) is 6.92 Å². The first-order valence-electron chi connectivity index (χ1n) is 4.33. The molecule has 0 atom stereocenters. The zero-order valence-electron chi connectivity index (χ0n) is 7.96. The normalized spacial score (nSPS) is 10.1. The Morgan fingerprint density at radius 3 is 3.07 bits per heavy atom. The molecule has 0 fully saturated rings. The van der Waals surface area contributed by atoms with Gasteiger partial charge in [-0.25, -0.2) is 9.97 Å². The van der Waals surface area contributed by atoms with E-state index >= 15 is 0 Å². The summed E-state index contributed by atoms with van der Waals surface area (Å²) in [6.45, 7) is 3.89. The first-order valence-corrected chi connectivity index (χ1v) is 4.71. The maximum atomic E-state index is 5.85. The number of anilines is 2. The SMILES string of the molecule is CCOCCNc1ncnc(N)c1Cl. The maximum absolute atomic E-state index is 5.85. The molecule has 1 aromatic rings. The van der Waals surface area contributed by atoms with E-state index in [2.05, 4.69) is 15.3 Å². The fourth-order valence-corrected chi connectivity index (χ4v) is 1.06. The van der Waals surface area contributed by atoms with Gasteiger partial charge in [0.15, 0.2) is 5.82 Å². The topological polar surface area (TPSA) is 73.1 Å². The number of rotatable bonds is 5. The van der Waals surface area contributed by atoms with Crippen LogP contribution in [0.1, 0.15) is 6.92 Å². The number of ether oxygens (including phenoxy) is 1. The second-order valence-electron chi connectivity index (χ2n) is 2.55. The van der Waals surface area contributed by atoms with Crippen molar-refractivity contribution in [2.75, 3.05) is 30.8 Å². The number of nitrogens with zero attached hydrogens (tertiary/aromatic N) is 2. The fourth-order valence-electron chi connectivity index (χ4n) is 0.893. The Hall–Kier alpha value is -1.07. The summed E-state index contributed by atoms with van der Waals surface area (Å²) < 4.78 is 5.15. The summed E-state index contributed by atoms with van der Waals surface area (Å²) in [5.41, 5.74) is 5.50. The highest BCUT2D eigenvalue weighted by molar-refractivity contribution is 6.35. The molecular formula is C8H13ClN4O. The highest BCUT2D eigenvalue weighted by Crippen LogP contribution is 2.22. The van der Waals surface area contributed by atoms with Gasteiger partial charge in [-0.05, 0) is 6.92 Å². The molecule has 0 saturated carbocycles. The van der Waals surface area contributed by atoms with Crippen LogP contribution in [0.25, 0.3) is 0 Å². The lowest BCUT2D eigenvalue weighted by Crippen LogP contribution is -2.11. The summed E-state index contributed by atoms with van der Waals surface area (Å²) in [7, 11) is 0. The summed E-state index contributed by atoms with van der Waals surface area (Å²) in [5.74, 6) is 0.819. The van der Waals surface area contributed by atoms with Crippen molar-refractivity contribution in [1.82, 2.24) is 9.97 Å². The van der Waals surface area contributed by atoms with Crippen molar-refractivity contribution in [3.05, 3.63) is 11.3 Å². The van der Waals surface area contributed by atoms with Gasteiger partial charge in [0.1, 0.15) is 17.2 Å².